The van der Waals surface area contributed by atoms with Crippen LogP contribution in [0.4, 0.5) is 0 Å². The van der Waals surface area contributed by atoms with Crippen LogP contribution in [0.1, 0.15) is 39.0 Å². The molecule has 0 amide bonds. The molecule has 0 aliphatic heterocycles. The molecule has 2 aliphatic rings. The number of nitrogens with two attached hydrogens (primary N) is 1. The third-order valence-electron chi connectivity index (χ3n) is 4.52. The van der Waals surface area contributed by atoms with Gasteiger partial charge in [0.2, 0.25) is 0 Å². The van der Waals surface area contributed by atoms with Crippen molar-refractivity contribution >= 4 is 0 Å². The molecule has 2 aliphatic carbocycles. The highest BCUT2D eigenvalue weighted by Gasteiger charge is 2.39. The summed E-state index contributed by atoms with van der Waals surface area (Å²) >= 11 is 0. The van der Waals surface area contributed by atoms with Crippen LogP contribution in [0.25, 0.3) is 0 Å². The Morgan fingerprint density at radius 1 is 1.24 bits per heavy atom. The Morgan fingerprint density at radius 3 is 2.59 bits per heavy atom. The summed E-state index contributed by atoms with van der Waals surface area (Å²) < 4.78 is 5.26. The molecule has 0 aromatic carbocycles. The first-order valence-corrected chi connectivity index (χ1v) is 7.21. The van der Waals surface area contributed by atoms with Gasteiger partial charge in [0.1, 0.15) is 0 Å². The van der Waals surface area contributed by atoms with Crippen molar-refractivity contribution in [3.63, 3.8) is 0 Å². The Balaban J connectivity index is 1.97. The van der Waals surface area contributed by atoms with Crippen molar-refractivity contribution in [1.29, 1.82) is 0 Å². The van der Waals surface area contributed by atoms with E-state index >= 15 is 0 Å². The molecule has 0 radical (unpaired) electrons. The Kier molecular flexibility index (Phi) is 4.83. The van der Waals surface area contributed by atoms with E-state index < -0.39 is 0 Å². The van der Waals surface area contributed by atoms with E-state index in [1.54, 1.807) is 7.11 Å². The maximum atomic E-state index is 5.97. The minimum Gasteiger partial charge on any atom is -0.383 e. The second kappa shape index (κ2) is 6.17. The molecule has 0 aromatic heterocycles. The molecule has 17 heavy (non-hydrogen) atoms. The lowest BCUT2D eigenvalue weighted by atomic mass is 9.78. The van der Waals surface area contributed by atoms with Gasteiger partial charge in [0.15, 0.2) is 0 Å². The summed E-state index contributed by atoms with van der Waals surface area (Å²) in [6.07, 6.45) is 6.78. The van der Waals surface area contributed by atoms with E-state index in [0.717, 1.165) is 31.7 Å². The van der Waals surface area contributed by atoms with E-state index in [1.165, 1.54) is 32.1 Å². The van der Waals surface area contributed by atoms with Gasteiger partial charge in [-0.1, -0.05) is 13.3 Å². The van der Waals surface area contributed by atoms with Gasteiger partial charge >= 0.3 is 0 Å². The number of hydrogen-bond acceptors (Lipinski definition) is 3. The van der Waals surface area contributed by atoms with Crippen molar-refractivity contribution in [2.45, 2.75) is 51.1 Å². The largest absolute Gasteiger partial charge is 0.383 e. The maximum absolute atomic E-state index is 5.97. The number of hydrogen-bond donors (Lipinski definition) is 1. The van der Waals surface area contributed by atoms with Gasteiger partial charge < -0.3 is 10.5 Å². The molecule has 3 heteroatoms. The summed E-state index contributed by atoms with van der Waals surface area (Å²) in [5.74, 6) is 1.58. The molecule has 3 atom stereocenters. The summed E-state index contributed by atoms with van der Waals surface area (Å²) in [5, 5.41) is 0. The van der Waals surface area contributed by atoms with Crippen LogP contribution in [0.15, 0.2) is 0 Å². The normalized spacial score (nSPS) is 34.2. The zero-order valence-electron chi connectivity index (χ0n) is 11.4. The number of nitrogens with zero attached hydrogens (tertiary/aromatic N) is 1. The zero-order chi connectivity index (χ0) is 12.3. The second-order valence-electron chi connectivity index (χ2n) is 5.94. The van der Waals surface area contributed by atoms with Crippen molar-refractivity contribution < 1.29 is 4.74 Å². The predicted octanol–water partition coefficient (Wildman–Crippen LogP) is 1.86. The molecular weight excluding hydrogens is 212 g/mol. The second-order valence-corrected chi connectivity index (χ2v) is 5.94. The average molecular weight is 240 g/mol. The van der Waals surface area contributed by atoms with E-state index in [2.05, 4.69) is 11.8 Å². The molecule has 0 saturated heterocycles. The molecule has 3 nitrogen and oxygen atoms in total. The minimum atomic E-state index is 0.712. The molecule has 2 N–H and O–H groups in total. The predicted molar refractivity (Wildman–Crippen MR) is 71.0 cm³/mol. The number of methoxy groups -OCH3 is 1. The van der Waals surface area contributed by atoms with Crippen LogP contribution in [0.3, 0.4) is 0 Å². The third kappa shape index (κ3) is 3.43. The molecule has 2 rings (SSSR count). The summed E-state index contributed by atoms with van der Waals surface area (Å²) in [6, 6.07) is 1.54. The van der Waals surface area contributed by atoms with Gasteiger partial charge in [-0.25, -0.2) is 0 Å². The molecule has 2 saturated carbocycles. The molecule has 3 unspecified atom stereocenters. The van der Waals surface area contributed by atoms with Crippen molar-refractivity contribution in [3.05, 3.63) is 0 Å². The zero-order valence-corrected chi connectivity index (χ0v) is 11.4. The van der Waals surface area contributed by atoms with E-state index in [-0.39, 0.29) is 0 Å². The smallest absolute Gasteiger partial charge is 0.0589 e. The van der Waals surface area contributed by atoms with Crippen molar-refractivity contribution in [2.24, 2.45) is 17.6 Å². The highest BCUT2D eigenvalue weighted by Crippen LogP contribution is 2.37. The molecular formula is C14H28N2O. The molecule has 0 spiro atoms. The van der Waals surface area contributed by atoms with E-state index in [9.17, 15) is 0 Å². The van der Waals surface area contributed by atoms with Crippen LogP contribution in [0, 0.1) is 11.8 Å². The Hall–Kier alpha value is -0.120. The van der Waals surface area contributed by atoms with Gasteiger partial charge in [0.25, 0.3) is 0 Å². The maximum Gasteiger partial charge on any atom is 0.0589 e. The molecule has 2 fully saturated rings. The first-order chi connectivity index (χ1) is 8.26. The van der Waals surface area contributed by atoms with Crippen molar-refractivity contribution in [1.82, 2.24) is 4.90 Å². The summed E-state index contributed by atoms with van der Waals surface area (Å²) in [5.41, 5.74) is 5.97. The van der Waals surface area contributed by atoms with Crippen LogP contribution >= 0.6 is 0 Å². The van der Waals surface area contributed by atoms with Gasteiger partial charge in [-0.05, 0) is 44.1 Å². The molecule has 100 valence electrons. The number of ether oxygens (including phenoxy) is 1. The van der Waals surface area contributed by atoms with Crippen LogP contribution in [-0.4, -0.2) is 43.8 Å². The molecule has 0 bridgehead atoms. The van der Waals surface area contributed by atoms with Gasteiger partial charge in [-0.2, -0.15) is 0 Å². The first kappa shape index (κ1) is 13.3. The molecule has 0 heterocycles. The monoisotopic (exact) mass is 240 g/mol. The number of rotatable bonds is 6. The molecule has 0 aromatic rings. The Bertz CT molecular complexity index is 230. The first-order valence-electron chi connectivity index (χ1n) is 7.21. The van der Waals surface area contributed by atoms with Crippen LogP contribution < -0.4 is 5.73 Å². The minimum absolute atomic E-state index is 0.712. The highest BCUT2D eigenvalue weighted by atomic mass is 16.5. The van der Waals surface area contributed by atoms with Gasteiger partial charge in [-0.15, -0.1) is 0 Å². The summed E-state index contributed by atoms with van der Waals surface area (Å²) in [7, 11) is 1.80. The lowest BCUT2D eigenvalue weighted by Gasteiger charge is -2.42. The van der Waals surface area contributed by atoms with E-state index in [0.29, 0.717) is 12.0 Å². The SMILES string of the molecule is COCCN(C1CC1)C1CC(C)CCC1CN. The average Bonchev–Trinajstić information content (AvgIpc) is 3.14. The summed E-state index contributed by atoms with van der Waals surface area (Å²) in [6.45, 7) is 5.20. The van der Waals surface area contributed by atoms with Crippen molar-refractivity contribution in [2.75, 3.05) is 26.8 Å². The van der Waals surface area contributed by atoms with Gasteiger partial charge in [-0.3, -0.25) is 4.90 Å². The third-order valence-corrected chi connectivity index (χ3v) is 4.52. The highest BCUT2D eigenvalue weighted by molar-refractivity contribution is 4.94. The fourth-order valence-electron chi connectivity index (χ4n) is 3.32. The van der Waals surface area contributed by atoms with E-state index in [1.807, 2.05) is 0 Å². The van der Waals surface area contributed by atoms with Gasteiger partial charge in [0, 0.05) is 25.7 Å². The quantitative estimate of drug-likeness (QED) is 0.770. The Labute approximate surface area is 106 Å². The van der Waals surface area contributed by atoms with Crippen LogP contribution in [0.2, 0.25) is 0 Å². The fraction of sp³-hybridized carbons (Fsp3) is 1.00. The van der Waals surface area contributed by atoms with Crippen molar-refractivity contribution in [3.8, 4) is 0 Å². The lowest BCUT2D eigenvalue weighted by Crippen LogP contribution is -2.48. The summed E-state index contributed by atoms with van der Waals surface area (Å²) in [4.78, 5) is 2.71. The van der Waals surface area contributed by atoms with E-state index in [4.69, 9.17) is 10.5 Å². The Morgan fingerprint density at radius 2 is 2.00 bits per heavy atom. The van der Waals surface area contributed by atoms with Gasteiger partial charge in [0.05, 0.1) is 6.61 Å². The van der Waals surface area contributed by atoms with Crippen LogP contribution in [0.5, 0.6) is 0 Å². The van der Waals surface area contributed by atoms with Crippen LogP contribution in [-0.2, 0) is 4.74 Å². The standard InChI is InChI=1S/C14H28N2O/c1-11-3-4-12(10-15)14(9-11)16(7-8-17-2)13-5-6-13/h11-14H,3-10,15H2,1-2H3. The lowest BCUT2D eigenvalue weighted by molar-refractivity contribution is 0.0536. The topological polar surface area (TPSA) is 38.5 Å². The fourth-order valence-corrected chi connectivity index (χ4v) is 3.32.